The number of fused-ring (bicyclic) bond motifs is 1. The van der Waals surface area contributed by atoms with Crippen molar-refractivity contribution >= 4 is 10.8 Å². The Bertz CT molecular complexity index is 1120. The van der Waals surface area contributed by atoms with Crippen LogP contribution in [-0.2, 0) is 13.6 Å². The van der Waals surface area contributed by atoms with E-state index in [4.69, 9.17) is 14.2 Å². The fraction of sp³-hybridized carbons (Fsp3) is 0.391. The maximum absolute atomic E-state index is 12.6. The second kappa shape index (κ2) is 7.99. The van der Waals surface area contributed by atoms with Gasteiger partial charge in [0.1, 0.15) is 11.5 Å². The number of hydrogen-bond donors (Lipinski definition) is 0. The van der Waals surface area contributed by atoms with E-state index >= 15 is 0 Å². The lowest BCUT2D eigenvalue weighted by Crippen LogP contribution is -2.44. The van der Waals surface area contributed by atoms with Gasteiger partial charge in [-0.25, -0.2) is 4.98 Å². The van der Waals surface area contributed by atoms with Crippen molar-refractivity contribution in [3.63, 3.8) is 0 Å². The average Bonchev–Trinajstić information content (AvgIpc) is 2.74. The number of aromatic nitrogens is 2. The first-order valence-electron chi connectivity index (χ1n) is 9.96. The highest BCUT2D eigenvalue weighted by molar-refractivity contribution is 5.96. The first-order valence-corrected chi connectivity index (χ1v) is 9.96. The normalized spacial score (nSPS) is 14.6. The molecule has 1 aliphatic heterocycles. The minimum atomic E-state index is -0.105. The highest BCUT2D eigenvalue weighted by Crippen LogP contribution is 2.38. The number of ether oxygens (including phenoxy) is 3. The zero-order chi connectivity index (χ0) is 21.4. The Labute approximate surface area is 175 Å². The molecule has 0 atom stereocenters. The summed E-state index contributed by atoms with van der Waals surface area (Å²) in [5.41, 5.74) is 2.71. The van der Waals surface area contributed by atoms with Gasteiger partial charge < -0.3 is 18.8 Å². The van der Waals surface area contributed by atoms with Gasteiger partial charge in [-0.3, -0.25) is 9.69 Å². The lowest BCUT2D eigenvalue weighted by Gasteiger charge is -2.37. The van der Waals surface area contributed by atoms with Gasteiger partial charge in [-0.15, -0.1) is 0 Å². The van der Waals surface area contributed by atoms with Crippen molar-refractivity contribution in [1.29, 1.82) is 0 Å². The largest absolute Gasteiger partial charge is 0.496 e. The quantitative estimate of drug-likeness (QED) is 0.623. The van der Waals surface area contributed by atoms with E-state index in [9.17, 15) is 4.79 Å². The molecular weight excluding hydrogens is 382 g/mol. The second-order valence-electron chi connectivity index (χ2n) is 7.89. The molecule has 0 saturated carbocycles. The minimum Gasteiger partial charge on any atom is -0.496 e. The molecule has 0 N–H and O–H groups in total. The predicted octanol–water partition coefficient (Wildman–Crippen LogP) is 3.08. The SMILES string of the molecule is COc1cc2c(-c3cc(OC)c(CN4CC(C)C4)c(OC)c3)cn(C)c(=O)c2cn1. The van der Waals surface area contributed by atoms with Crippen LogP contribution in [0.25, 0.3) is 21.9 Å². The Morgan fingerprint density at radius 2 is 1.70 bits per heavy atom. The molecule has 1 aromatic carbocycles. The average molecular weight is 409 g/mol. The van der Waals surface area contributed by atoms with Crippen LogP contribution in [0.4, 0.5) is 0 Å². The summed E-state index contributed by atoms with van der Waals surface area (Å²) in [6.07, 6.45) is 3.39. The maximum Gasteiger partial charge on any atom is 0.259 e. The van der Waals surface area contributed by atoms with E-state index in [1.807, 2.05) is 18.3 Å². The molecule has 3 aromatic rings. The first-order chi connectivity index (χ1) is 14.4. The van der Waals surface area contributed by atoms with Crippen molar-refractivity contribution < 1.29 is 14.2 Å². The summed E-state index contributed by atoms with van der Waals surface area (Å²) in [5.74, 6) is 2.72. The van der Waals surface area contributed by atoms with Crippen LogP contribution in [0.1, 0.15) is 12.5 Å². The van der Waals surface area contributed by atoms with Crippen LogP contribution in [0.3, 0.4) is 0 Å². The van der Waals surface area contributed by atoms with E-state index in [2.05, 4.69) is 16.8 Å². The van der Waals surface area contributed by atoms with Gasteiger partial charge in [0.25, 0.3) is 5.56 Å². The van der Waals surface area contributed by atoms with Gasteiger partial charge >= 0.3 is 0 Å². The first kappa shape index (κ1) is 20.2. The molecule has 1 fully saturated rings. The molecule has 0 radical (unpaired) electrons. The molecule has 7 nitrogen and oxygen atoms in total. The summed E-state index contributed by atoms with van der Waals surface area (Å²) in [5, 5.41) is 1.31. The van der Waals surface area contributed by atoms with Crippen LogP contribution in [0.15, 0.2) is 35.4 Å². The number of pyridine rings is 2. The Morgan fingerprint density at radius 1 is 1.03 bits per heavy atom. The zero-order valence-corrected chi connectivity index (χ0v) is 18.1. The highest BCUT2D eigenvalue weighted by Gasteiger charge is 2.25. The predicted molar refractivity (Wildman–Crippen MR) is 117 cm³/mol. The van der Waals surface area contributed by atoms with Gasteiger partial charge in [0.2, 0.25) is 5.88 Å². The summed E-state index contributed by atoms with van der Waals surface area (Å²) in [7, 11) is 6.65. The molecule has 0 unspecified atom stereocenters. The monoisotopic (exact) mass is 409 g/mol. The number of methoxy groups -OCH3 is 3. The third kappa shape index (κ3) is 3.50. The number of rotatable bonds is 6. The summed E-state index contributed by atoms with van der Waals surface area (Å²) in [4.78, 5) is 19.2. The van der Waals surface area contributed by atoms with Gasteiger partial charge in [-0.05, 0) is 23.6 Å². The van der Waals surface area contributed by atoms with Crippen LogP contribution < -0.4 is 19.8 Å². The Kier molecular flexibility index (Phi) is 5.39. The molecule has 0 spiro atoms. The molecule has 0 bridgehead atoms. The summed E-state index contributed by atoms with van der Waals surface area (Å²) < 4.78 is 18.3. The third-order valence-electron chi connectivity index (χ3n) is 5.69. The van der Waals surface area contributed by atoms with Gasteiger partial charge in [0.15, 0.2) is 0 Å². The molecule has 1 saturated heterocycles. The van der Waals surface area contributed by atoms with Crippen molar-refractivity contribution in [2.45, 2.75) is 13.5 Å². The van der Waals surface area contributed by atoms with Crippen molar-refractivity contribution in [2.75, 3.05) is 34.4 Å². The maximum atomic E-state index is 12.6. The Hall–Kier alpha value is -3.06. The molecule has 2 aromatic heterocycles. The summed E-state index contributed by atoms with van der Waals surface area (Å²) >= 11 is 0. The van der Waals surface area contributed by atoms with Crippen LogP contribution in [0.5, 0.6) is 17.4 Å². The van der Waals surface area contributed by atoms with E-state index in [-0.39, 0.29) is 5.56 Å². The molecular formula is C23H27N3O4. The Balaban J connectivity index is 1.89. The number of benzene rings is 1. The van der Waals surface area contributed by atoms with Gasteiger partial charge in [-0.1, -0.05) is 6.92 Å². The summed E-state index contributed by atoms with van der Waals surface area (Å²) in [6, 6.07) is 5.81. The van der Waals surface area contributed by atoms with E-state index < -0.39 is 0 Å². The van der Waals surface area contributed by atoms with Crippen LogP contribution in [0, 0.1) is 5.92 Å². The van der Waals surface area contributed by atoms with Crippen LogP contribution in [0.2, 0.25) is 0 Å². The number of hydrogen-bond acceptors (Lipinski definition) is 6. The lowest BCUT2D eigenvalue weighted by atomic mass is 9.97. The van der Waals surface area contributed by atoms with Crippen molar-refractivity contribution in [3.8, 4) is 28.5 Å². The molecule has 158 valence electrons. The van der Waals surface area contributed by atoms with Crippen molar-refractivity contribution in [3.05, 3.63) is 46.5 Å². The highest BCUT2D eigenvalue weighted by atomic mass is 16.5. The van der Waals surface area contributed by atoms with Gasteiger partial charge in [0, 0.05) is 56.1 Å². The van der Waals surface area contributed by atoms with Crippen LogP contribution >= 0.6 is 0 Å². The molecule has 3 heterocycles. The number of nitrogens with zero attached hydrogens (tertiary/aromatic N) is 3. The molecule has 0 amide bonds. The number of aryl methyl sites for hydroxylation is 1. The van der Waals surface area contributed by atoms with Crippen molar-refractivity contribution in [2.24, 2.45) is 13.0 Å². The molecule has 30 heavy (non-hydrogen) atoms. The van der Waals surface area contributed by atoms with Gasteiger partial charge in [0.05, 0.1) is 32.3 Å². The third-order valence-corrected chi connectivity index (χ3v) is 5.69. The molecule has 1 aliphatic rings. The van der Waals surface area contributed by atoms with Crippen molar-refractivity contribution in [1.82, 2.24) is 14.5 Å². The minimum absolute atomic E-state index is 0.105. The second-order valence-corrected chi connectivity index (χ2v) is 7.89. The van der Waals surface area contributed by atoms with Crippen LogP contribution in [-0.4, -0.2) is 48.9 Å². The number of likely N-dealkylation sites (tertiary alicyclic amines) is 1. The van der Waals surface area contributed by atoms with E-state index in [0.717, 1.165) is 59.1 Å². The van der Waals surface area contributed by atoms with E-state index in [1.165, 1.54) is 0 Å². The topological polar surface area (TPSA) is 65.8 Å². The van der Waals surface area contributed by atoms with Gasteiger partial charge in [-0.2, -0.15) is 0 Å². The molecule has 4 rings (SSSR count). The molecule has 7 heteroatoms. The Morgan fingerprint density at radius 3 is 2.27 bits per heavy atom. The fourth-order valence-corrected chi connectivity index (χ4v) is 4.16. The zero-order valence-electron chi connectivity index (χ0n) is 18.1. The summed E-state index contributed by atoms with van der Waals surface area (Å²) in [6.45, 7) is 5.18. The standard InChI is InChI=1S/C23H27N3O4/c1-14-10-26(11-14)13-19-20(28-3)6-15(7-21(19)29-4)18-12-25(2)23(27)17-9-24-22(30-5)8-16(17)18/h6-9,12,14H,10-11,13H2,1-5H3. The van der Waals surface area contributed by atoms with E-state index in [1.54, 1.807) is 45.2 Å². The molecule has 0 aliphatic carbocycles. The van der Waals surface area contributed by atoms with E-state index in [0.29, 0.717) is 11.3 Å². The smallest absolute Gasteiger partial charge is 0.259 e. The lowest BCUT2D eigenvalue weighted by molar-refractivity contribution is 0.103. The fourth-order valence-electron chi connectivity index (χ4n) is 4.16.